The van der Waals surface area contributed by atoms with E-state index in [2.05, 4.69) is 41.2 Å². The molecule has 0 bridgehead atoms. The van der Waals surface area contributed by atoms with Gasteiger partial charge in [-0.15, -0.1) is 0 Å². The topological polar surface area (TPSA) is 12.0 Å². The highest BCUT2D eigenvalue weighted by atomic mass is 79.9. The standard InChI is InChI=1S/C14H19BrFN/c1-3-7-17-10-11(4-2)8-12-5-6-13(15)14(16)9-12/h5-6,8-9,17H,3-4,7,10H2,1-2H3/b11-8+. The van der Waals surface area contributed by atoms with Gasteiger partial charge in [-0.05, 0) is 53.0 Å². The molecule has 0 aliphatic heterocycles. The van der Waals surface area contributed by atoms with Gasteiger partial charge in [-0.2, -0.15) is 0 Å². The van der Waals surface area contributed by atoms with Crippen LogP contribution in [0.25, 0.3) is 6.08 Å². The molecule has 0 unspecified atom stereocenters. The summed E-state index contributed by atoms with van der Waals surface area (Å²) in [5, 5.41) is 3.36. The average Bonchev–Trinajstić information content (AvgIpc) is 2.32. The van der Waals surface area contributed by atoms with Crippen molar-refractivity contribution in [1.82, 2.24) is 5.32 Å². The number of nitrogens with one attached hydrogen (secondary N) is 1. The van der Waals surface area contributed by atoms with E-state index in [1.165, 1.54) is 5.57 Å². The van der Waals surface area contributed by atoms with Gasteiger partial charge in [0.1, 0.15) is 5.82 Å². The zero-order valence-electron chi connectivity index (χ0n) is 10.4. The van der Waals surface area contributed by atoms with Crippen LogP contribution in [-0.4, -0.2) is 13.1 Å². The lowest BCUT2D eigenvalue weighted by Crippen LogP contribution is -2.17. The van der Waals surface area contributed by atoms with E-state index in [1.54, 1.807) is 12.1 Å². The van der Waals surface area contributed by atoms with Crippen LogP contribution < -0.4 is 5.32 Å². The second kappa shape index (κ2) is 7.62. The van der Waals surface area contributed by atoms with Gasteiger partial charge < -0.3 is 5.32 Å². The molecule has 0 amide bonds. The van der Waals surface area contributed by atoms with Crippen molar-refractivity contribution in [3.8, 4) is 0 Å². The maximum atomic E-state index is 13.3. The van der Waals surface area contributed by atoms with Gasteiger partial charge in [0.2, 0.25) is 0 Å². The molecule has 1 nitrogen and oxygen atoms in total. The van der Waals surface area contributed by atoms with E-state index in [-0.39, 0.29) is 5.82 Å². The zero-order chi connectivity index (χ0) is 12.7. The van der Waals surface area contributed by atoms with Crippen LogP contribution in [0.15, 0.2) is 28.2 Å². The van der Waals surface area contributed by atoms with Crippen LogP contribution in [-0.2, 0) is 0 Å². The van der Waals surface area contributed by atoms with Crippen LogP contribution >= 0.6 is 15.9 Å². The molecule has 0 radical (unpaired) electrons. The lowest BCUT2D eigenvalue weighted by molar-refractivity contribution is 0.621. The third-order valence-electron chi connectivity index (χ3n) is 2.55. The van der Waals surface area contributed by atoms with Gasteiger partial charge in [0.25, 0.3) is 0 Å². The molecule has 3 heteroatoms. The Morgan fingerprint density at radius 3 is 2.76 bits per heavy atom. The predicted octanol–water partition coefficient (Wildman–Crippen LogP) is 4.38. The average molecular weight is 300 g/mol. The summed E-state index contributed by atoms with van der Waals surface area (Å²) in [7, 11) is 0. The van der Waals surface area contributed by atoms with E-state index < -0.39 is 0 Å². The van der Waals surface area contributed by atoms with Crippen molar-refractivity contribution in [3.05, 3.63) is 39.6 Å². The van der Waals surface area contributed by atoms with E-state index in [0.29, 0.717) is 4.47 Å². The highest BCUT2D eigenvalue weighted by Gasteiger charge is 2.00. The minimum atomic E-state index is -0.212. The summed E-state index contributed by atoms with van der Waals surface area (Å²) in [5.74, 6) is -0.212. The Morgan fingerprint density at radius 1 is 1.41 bits per heavy atom. The van der Waals surface area contributed by atoms with Gasteiger partial charge in [-0.25, -0.2) is 4.39 Å². The van der Waals surface area contributed by atoms with Crippen molar-refractivity contribution in [2.24, 2.45) is 0 Å². The Hall–Kier alpha value is -0.670. The summed E-state index contributed by atoms with van der Waals surface area (Å²) >= 11 is 3.16. The largest absolute Gasteiger partial charge is 0.313 e. The molecule has 0 fully saturated rings. The Morgan fingerprint density at radius 2 is 2.18 bits per heavy atom. The van der Waals surface area contributed by atoms with E-state index in [4.69, 9.17) is 0 Å². The summed E-state index contributed by atoms with van der Waals surface area (Å²) in [6, 6.07) is 5.22. The first-order valence-electron chi connectivity index (χ1n) is 6.02. The molecule has 1 aromatic carbocycles. The highest BCUT2D eigenvalue weighted by molar-refractivity contribution is 9.10. The van der Waals surface area contributed by atoms with Crippen molar-refractivity contribution < 1.29 is 4.39 Å². The quantitative estimate of drug-likeness (QED) is 0.769. The molecular weight excluding hydrogens is 281 g/mol. The molecule has 17 heavy (non-hydrogen) atoms. The molecule has 1 rings (SSSR count). The number of hydrogen-bond acceptors (Lipinski definition) is 1. The molecule has 0 heterocycles. The third-order valence-corrected chi connectivity index (χ3v) is 3.19. The van der Waals surface area contributed by atoms with Crippen LogP contribution in [0, 0.1) is 5.82 Å². The first kappa shape index (κ1) is 14.4. The fourth-order valence-electron chi connectivity index (χ4n) is 1.54. The van der Waals surface area contributed by atoms with Crippen LogP contribution in [0.3, 0.4) is 0 Å². The maximum Gasteiger partial charge on any atom is 0.137 e. The van der Waals surface area contributed by atoms with Crippen molar-refractivity contribution in [3.63, 3.8) is 0 Å². The zero-order valence-corrected chi connectivity index (χ0v) is 12.0. The highest BCUT2D eigenvalue weighted by Crippen LogP contribution is 2.18. The van der Waals surface area contributed by atoms with Gasteiger partial charge in [0, 0.05) is 6.54 Å². The minimum absolute atomic E-state index is 0.212. The molecule has 0 saturated heterocycles. The summed E-state index contributed by atoms with van der Waals surface area (Å²) in [5.41, 5.74) is 2.21. The van der Waals surface area contributed by atoms with Crippen molar-refractivity contribution in [2.75, 3.05) is 13.1 Å². The van der Waals surface area contributed by atoms with Gasteiger partial charge in [0.05, 0.1) is 4.47 Å². The van der Waals surface area contributed by atoms with E-state index in [1.807, 2.05) is 6.07 Å². The molecule has 1 N–H and O–H groups in total. The number of halogens is 2. The van der Waals surface area contributed by atoms with E-state index >= 15 is 0 Å². The van der Waals surface area contributed by atoms with Crippen molar-refractivity contribution in [2.45, 2.75) is 26.7 Å². The van der Waals surface area contributed by atoms with Gasteiger partial charge in [0.15, 0.2) is 0 Å². The second-order valence-electron chi connectivity index (χ2n) is 4.01. The Balaban J connectivity index is 2.72. The third kappa shape index (κ3) is 5.00. The molecule has 1 aromatic rings. The minimum Gasteiger partial charge on any atom is -0.313 e. The van der Waals surface area contributed by atoms with Crippen LogP contribution in [0.5, 0.6) is 0 Å². The lowest BCUT2D eigenvalue weighted by atomic mass is 10.1. The first-order valence-corrected chi connectivity index (χ1v) is 6.81. The monoisotopic (exact) mass is 299 g/mol. The molecule has 0 aliphatic rings. The molecule has 0 atom stereocenters. The summed E-state index contributed by atoms with van der Waals surface area (Å²) in [4.78, 5) is 0. The normalized spacial score (nSPS) is 11.9. The SMILES string of the molecule is CCCNC/C(=C/c1ccc(Br)c(F)c1)CC. The van der Waals surface area contributed by atoms with Crippen LogP contribution in [0.4, 0.5) is 4.39 Å². The van der Waals surface area contributed by atoms with Gasteiger partial charge >= 0.3 is 0 Å². The Bertz CT molecular complexity index is 388. The molecular formula is C14H19BrFN. The van der Waals surface area contributed by atoms with Gasteiger partial charge in [-0.3, -0.25) is 0 Å². The molecule has 0 saturated carbocycles. The van der Waals surface area contributed by atoms with Gasteiger partial charge in [-0.1, -0.05) is 31.6 Å². The molecule has 0 aliphatic carbocycles. The van der Waals surface area contributed by atoms with Crippen molar-refractivity contribution in [1.29, 1.82) is 0 Å². The number of hydrogen-bond donors (Lipinski definition) is 1. The summed E-state index contributed by atoms with van der Waals surface area (Å²) in [6.45, 7) is 6.16. The molecule has 94 valence electrons. The van der Waals surface area contributed by atoms with E-state index in [0.717, 1.165) is 31.5 Å². The van der Waals surface area contributed by atoms with Crippen molar-refractivity contribution >= 4 is 22.0 Å². The second-order valence-corrected chi connectivity index (χ2v) is 4.86. The Labute approximate surface area is 111 Å². The number of benzene rings is 1. The summed E-state index contributed by atoms with van der Waals surface area (Å²) in [6.07, 6.45) is 4.16. The molecule has 0 spiro atoms. The molecule has 0 aromatic heterocycles. The lowest BCUT2D eigenvalue weighted by Gasteiger charge is -2.06. The van der Waals surface area contributed by atoms with Crippen LogP contribution in [0.1, 0.15) is 32.3 Å². The first-order chi connectivity index (χ1) is 8.17. The van der Waals surface area contributed by atoms with E-state index in [9.17, 15) is 4.39 Å². The van der Waals surface area contributed by atoms with Crippen LogP contribution in [0.2, 0.25) is 0 Å². The predicted molar refractivity (Wildman–Crippen MR) is 75.5 cm³/mol. The summed E-state index contributed by atoms with van der Waals surface area (Å²) < 4.78 is 13.9. The fraction of sp³-hybridized carbons (Fsp3) is 0.429. The fourth-order valence-corrected chi connectivity index (χ4v) is 1.79. The Kier molecular flexibility index (Phi) is 6.45. The number of rotatable bonds is 6. The smallest absolute Gasteiger partial charge is 0.137 e. The maximum absolute atomic E-state index is 13.3.